The van der Waals surface area contributed by atoms with Gasteiger partial charge in [-0.1, -0.05) is 30.9 Å². The van der Waals surface area contributed by atoms with Crippen molar-refractivity contribution in [3.05, 3.63) is 11.1 Å². The van der Waals surface area contributed by atoms with E-state index in [1.807, 2.05) is 11.1 Å². The van der Waals surface area contributed by atoms with Gasteiger partial charge < -0.3 is 4.90 Å². The van der Waals surface area contributed by atoms with Crippen LogP contribution < -0.4 is 0 Å². The molecule has 2 bridgehead atoms. The van der Waals surface area contributed by atoms with Crippen LogP contribution in [0.5, 0.6) is 0 Å². The number of nitrogens with zero attached hydrogens (tertiary/aromatic N) is 1. The average Bonchev–Trinajstić information content (AvgIpc) is 2.43. The summed E-state index contributed by atoms with van der Waals surface area (Å²) in [6, 6.07) is 0.849. The Kier molecular flexibility index (Phi) is 4.03. The lowest BCUT2D eigenvalue weighted by Crippen LogP contribution is -2.51. The van der Waals surface area contributed by atoms with Crippen LogP contribution in [0.25, 0.3) is 0 Å². The van der Waals surface area contributed by atoms with Crippen molar-refractivity contribution >= 4 is 0 Å². The molecule has 1 nitrogen and oxygen atoms in total. The molecule has 1 fully saturated rings. The van der Waals surface area contributed by atoms with E-state index in [9.17, 15) is 0 Å². The molecule has 3 aliphatic rings. The Balaban J connectivity index is 2.00. The summed E-state index contributed by atoms with van der Waals surface area (Å²) in [4.78, 5) is 2.57. The molecule has 3 aliphatic carbocycles. The summed E-state index contributed by atoms with van der Waals surface area (Å²) in [7, 11) is 4.65. The standard InChI is InChI=1S/C18H31N/c1-4-8-13-14-9-5-6-10-15(14)17-12-7-11-16(13)18(17)19(2)3/h13,16-18H,4-12H2,1-3H3. The predicted octanol–water partition coefficient (Wildman–Crippen LogP) is 4.63. The Morgan fingerprint density at radius 1 is 1.00 bits per heavy atom. The minimum atomic E-state index is 0.849. The maximum Gasteiger partial charge on any atom is 0.0189 e. The summed E-state index contributed by atoms with van der Waals surface area (Å²) < 4.78 is 0. The van der Waals surface area contributed by atoms with Gasteiger partial charge in [0.15, 0.2) is 0 Å². The third kappa shape index (κ3) is 2.28. The molecule has 0 aromatic heterocycles. The molecular formula is C18H31N. The van der Waals surface area contributed by atoms with Crippen LogP contribution in [0.15, 0.2) is 11.1 Å². The van der Waals surface area contributed by atoms with Crippen molar-refractivity contribution < 1.29 is 0 Å². The highest BCUT2D eigenvalue weighted by molar-refractivity contribution is 5.30. The van der Waals surface area contributed by atoms with Gasteiger partial charge in [-0.15, -0.1) is 0 Å². The van der Waals surface area contributed by atoms with Crippen LogP contribution in [0.1, 0.15) is 64.7 Å². The highest BCUT2D eigenvalue weighted by atomic mass is 15.1. The largest absolute Gasteiger partial charge is 0.306 e. The first-order chi connectivity index (χ1) is 9.24. The molecule has 1 heteroatoms. The van der Waals surface area contributed by atoms with E-state index in [1.54, 1.807) is 0 Å². The number of rotatable bonds is 3. The van der Waals surface area contributed by atoms with E-state index in [1.165, 1.54) is 57.8 Å². The zero-order valence-electron chi connectivity index (χ0n) is 13.1. The predicted molar refractivity (Wildman–Crippen MR) is 82.2 cm³/mol. The van der Waals surface area contributed by atoms with E-state index in [0.29, 0.717) is 0 Å². The van der Waals surface area contributed by atoms with Crippen LogP contribution in [0.3, 0.4) is 0 Å². The molecule has 4 unspecified atom stereocenters. The number of allylic oxidation sites excluding steroid dienone is 1. The fourth-order valence-corrected chi connectivity index (χ4v) is 5.53. The van der Waals surface area contributed by atoms with Gasteiger partial charge in [0.25, 0.3) is 0 Å². The molecule has 1 saturated carbocycles. The molecule has 0 aromatic rings. The lowest BCUT2D eigenvalue weighted by atomic mass is 9.57. The van der Waals surface area contributed by atoms with E-state index in [0.717, 1.165) is 23.8 Å². The lowest BCUT2D eigenvalue weighted by molar-refractivity contribution is 0.0579. The zero-order valence-corrected chi connectivity index (χ0v) is 13.1. The van der Waals surface area contributed by atoms with Crippen LogP contribution in [-0.4, -0.2) is 25.0 Å². The first kappa shape index (κ1) is 13.7. The second-order valence-corrected chi connectivity index (χ2v) is 7.31. The molecule has 19 heavy (non-hydrogen) atoms. The molecule has 4 atom stereocenters. The molecule has 0 amide bonds. The van der Waals surface area contributed by atoms with Gasteiger partial charge >= 0.3 is 0 Å². The van der Waals surface area contributed by atoms with E-state index < -0.39 is 0 Å². The topological polar surface area (TPSA) is 3.24 Å². The molecular weight excluding hydrogens is 230 g/mol. The van der Waals surface area contributed by atoms with Crippen molar-refractivity contribution in [2.45, 2.75) is 70.8 Å². The van der Waals surface area contributed by atoms with Gasteiger partial charge in [0.1, 0.15) is 0 Å². The minimum absolute atomic E-state index is 0.849. The summed E-state index contributed by atoms with van der Waals surface area (Å²) in [5.41, 5.74) is 3.88. The fraction of sp³-hybridized carbons (Fsp3) is 0.889. The van der Waals surface area contributed by atoms with E-state index in [4.69, 9.17) is 0 Å². The Labute approximate surface area is 119 Å². The van der Waals surface area contributed by atoms with E-state index in [-0.39, 0.29) is 0 Å². The van der Waals surface area contributed by atoms with Gasteiger partial charge in [0, 0.05) is 6.04 Å². The van der Waals surface area contributed by atoms with Crippen molar-refractivity contribution in [2.75, 3.05) is 14.1 Å². The normalized spacial score (nSPS) is 38.5. The van der Waals surface area contributed by atoms with Gasteiger partial charge in [-0.2, -0.15) is 0 Å². The van der Waals surface area contributed by atoms with Crippen molar-refractivity contribution in [2.24, 2.45) is 17.8 Å². The Bertz CT molecular complexity index is 355. The smallest absolute Gasteiger partial charge is 0.0189 e. The molecule has 3 rings (SSSR count). The number of hydrogen-bond acceptors (Lipinski definition) is 1. The molecule has 0 radical (unpaired) electrons. The summed E-state index contributed by atoms with van der Waals surface area (Å²) in [5.74, 6) is 2.81. The van der Waals surface area contributed by atoms with E-state index in [2.05, 4.69) is 25.9 Å². The summed E-state index contributed by atoms with van der Waals surface area (Å²) >= 11 is 0. The van der Waals surface area contributed by atoms with Crippen LogP contribution in [0.2, 0.25) is 0 Å². The molecule has 0 heterocycles. The SMILES string of the molecule is CCCC1C2=C(CCCC2)C2CCCC1C2N(C)C. The van der Waals surface area contributed by atoms with Gasteiger partial charge in [0.05, 0.1) is 0 Å². The molecule has 0 aliphatic heterocycles. The monoisotopic (exact) mass is 261 g/mol. The highest BCUT2D eigenvalue weighted by Gasteiger charge is 2.46. The lowest BCUT2D eigenvalue weighted by Gasteiger charge is -2.53. The van der Waals surface area contributed by atoms with Crippen LogP contribution >= 0.6 is 0 Å². The molecule has 108 valence electrons. The quantitative estimate of drug-likeness (QED) is 0.669. The zero-order chi connectivity index (χ0) is 13.4. The maximum absolute atomic E-state index is 2.57. The summed E-state index contributed by atoms with van der Waals surface area (Å²) in [5, 5.41) is 0. The van der Waals surface area contributed by atoms with Gasteiger partial charge in [-0.05, 0) is 76.8 Å². The summed E-state index contributed by atoms with van der Waals surface area (Å²) in [6.45, 7) is 2.38. The van der Waals surface area contributed by atoms with Gasteiger partial charge in [-0.25, -0.2) is 0 Å². The minimum Gasteiger partial charge on any atom is -0.306 e. The van der Waals surface area contributed by atoms with Gasteiger partial charge in [-0.3, -0.25) is 0 Å². The van der Waals surface area contributed by atoms with E-state index >= 15 is 0 Å². The molecule has 0 N–H and O–H groups in total. The van der Waals surface area contributed by atoms with Crippen LogP contribution in [0.4, 0.5) is 0 Å². The molecule has 0 saturated heterocycles. The molecule has 0 spiro atoms. The van der Waals surface area contributed by atoms with Crippen molar-refractivity contribution in [1.82, 2.24) is 4.90 Å². The maximum atomic E-state index is 2.57. The average molecular weight is 261 g/mol. The van der Waals surface area contributed by atoms with Crippen LogP contribution in [-0.2, 0) is 0 Å². The first-order valence-electron chi connectivity index (χ1n) is 8.62. The fourth-order valence-electron chi connectivity index (χ4n) is 5.53. The number of fused-ring (bicyclic) bond motifs is 3. The second-order valence-electron chi connectivity index (χ2n) is 7.31. The van der Waals surface area contributed by atoms with Crippen molar-refractivity contribution in [3.8, 4) is 0 Å². The third-order valence-corrected chi connectivity index (χ3v) is 6.07. The second kappa shape index (κ2) is 5.60. The van der Waals surface area contributed by atoms with Crippen LogP contribution in [0, 0.1) is 17.8 Å². The Morgan fingerprint density at radius 3 is 2.42 bits per heavy atom. The van der Waals surface area contributed by atoms with Crippen molar-refractivity contribution in [3.63, 3.8) is 0 Å². The van der Waals surface area contributed by atoms with Gasteiger partial charge in [0.2, 0.25) is 0 Å². The highest BCUT2D eigenvalue weighted by Crippen LogP contribution is 2.53. The Hall–Kier alpha value is -0.300. The molecule has 0 aromatic carbocycles. The third-order valence-electron chi connectivity index (χ3n) is 6.07. The summed E-state index contributed by atoms with van der Waals surface area (Å²) in [6.07, 6.45) is 13.0. The van der Waals surface area contributed by atoms with Crippen molar-refractivity contribution in [1.29, 1.82) is 0 Å². The Morgan fingerprint density at radius 2 is 1.74 bits per heavy atom. The number of hydrogen-bond donors (Lipinski definition) is 0. The first-order valence-corrected chi connectivity index (χ1v) is 8.62.